The van der Waals surface area contributed by atoms with Crippen molar-refractivity contribution in [3.05, 3.63) is 41.5 Å². The molecular weight excluding hydrogens is 250 g/mol. The van der Waals surface area contributed by atoms with Crippen molar-refractivity contribution in [1.29, 1.82) is 0 Å². The van der Waals surface area contributed by atoms with Crippen molar-refractivity contribution in [2.24, 2.45) is 0 Å². The van der Waals surface area contributed by atoms with Gasteiger partial charge in [0.05, 0.1) is 0 Å². The lowest BCUT2D eigenvalue weighted by Crippen LogP contribution is -2.22. The Morgan fingerprint density at radius 1 is 1.35 bits per heavy atom. The fourth-order valence-electron chi connectivity index (χ4n) is 2.23. The minimum absolute atomic E-state index is 0.278. The number of rotatable bonds is 2. The van der Waals surface area contributed by atoms with Crippen molar-refractivity contribution in [1.82, 2.24) is 5.32 Å². The fourth-order valence-corrected chi connectivity index (χ4v) is 2.23. The maximum absolute atomic E-state index is 11.4. The van der Waals surface area contributed by atoms with E-state index < -0.39 is 6.09 Å². The van der Waals surface area contributed by atoms with Gasteiger partial charge in [0, 0.05) is 18.0 Å². The molecule has 2 rings (SSSR count). The Bertz CT molecular complexity index is 696. The van der Waals surface area contributed by atoms with E-state index in [1.165, 1.54) is 7.05 Å². The Morgan fingerprint density at radius 2 is 2.10 bits per heavy atom. The molecule has 0 spiro atoms. The zero-order valence-electron chi connectivity index (χ0n) is 11.9. The molecule has 0 atom stereocenters. The molecule has 0 aliphatic rings. The highest BCUT2D eigenvalue weighted by molar-refractivity contribution is 5.93. The lowest BCUT2D eigenvalue weighted by atomic mass is 9.92. The Morgan fingerprint density at radius 3 is 2.70 bits per heavy atom. The van der Waals surface area contributed by atoms with Crippen molar-refractivity contribution >= 4 is 16.9 Å². The largest absolute Gasteiger partial charge is 0.412 e. The average Bonchev–Trinajstić information content (AvgIpc) is 2.45. The van der Waals surface area contributed by atoms with E-state index in [0.717, 1.165) is 21.9 Å². The predicted octanol–water partition coefficient (Wildman–Crippen LogP) is 3.66. The van der Waals surface area contributed by atoms with Crippen LogP contribution in [0.25, 0.3) is 10.8 Å². The molecule has 0 heterocycles. The van der Waals surface area contributed by atoms with Crippen LogP contribution in [0.1, 0.15) is 30.9 Å². The third-order valence-electron chi connectivity index (χ3n) is 3.17. The SMILES string of the molecule is C#Cc1cccc2cc(OC(=O)NC)cc(C(C)C)c12. The van der Waals surface area contributed by atoms with Crippen LogP contribution in [0.15, 0.2) is 30.3 Å². The van der Waals surface area contributed by atoms with Crippen molar-refractivity contribution in [3.8, 4) is 18.1 Å². The summed E-state index contributed by atoms with van der Waals surface area (Å²) in [4.78, 5) is 11.4. The van der Waals surface area contributed by atoms with E-state index in [0.29, 0.717) is 5.75 Å². The van der Waals surface area contributed by atoms with Gasteiger partial charge in [0.15, 0.2) is 0 Å². The fraction of sp³-hybridized carbons (Fsp3) is 0.235. The molecule has 0 bridgehead atoms. The highest BCUT2D eigenvalue weighted by Gasteiger charge is 2.12. The summed E-state index contributed by atoms with van der Waals surface area (Å²) in [5, 5.41) is 4.47. The molecule has 2 aromatic carbocycles. The molecule has 20 heavy (non-hydrogen) atoms. The second kappa shape index (κ2) is 5.66. The van der Waals surface area contributed by atoms with Crippen LogP contribution in [-0.2, 0) is 0 Å². The van der Waals surface area contributed by atoms with E-state index in [-0.39, 0.29) is 5.92 Å². The molecule has 2 aromatic rings. The average molecular weight is 267 g/mol. The quantitative estimate of drug-likeness (QED) is 0.843. The first-order valence-electron chi connectivity index (χ1n) is 6.49. The van der Waals surface area contributed by atoms with Gasteiger partial charge in [-0.15, -0.1) is 6.42 Å². The zero-order chi connectivity index (χ0) is 14.7. The minimum Gasteiger partial charge on any atom is -0.410 e. The Balaban J connectivity index is 2.68. The summed E-state index contributed by atoms with van der Waals surface area (Å²) in [7, 11) is 1.53. The molecule has 0 unspecified atom stereocenters. The molecule has 1 N–H and O–H groups in total. The highest BCUT2D eigenvalue weighted by Crippen LogP contribution is 2.32. The van der Waals surface area contributed by atoms with E-state index in [9.17, 15) is 4.79 Å². The van der Waals surface area contributed by atoms with Crippen LogP contribution >= 0.6 is 0 Å². The summed E-state index contributed by atoms with van der Waals surface area (Å²) in [6, 6.07) is 9.51. The Labute approximate surface area is 118 Å². The maximum atomic E-state index is 11.4. The van der Waals surface area contributed by atoms with Gasteiger partial charge in [0.2, 0.25) is 0 Å². The van der Waals surface area contributed by atoms with Gasteiger partial charge >= 0.3 is 6.09 Å². The summed E-state index contributed by atoms with van der Waals surface area (Å²) in [5.74, 6) is 3.52. The highest BCUT2D eigenvalue weighted by atomic mass is 16.5. The lowest BCUT2D eigenvalue weighted by molar-refractivity contribution is 0.203. The number of carbonyl (C=O) groups excluding carboxylic acids is 1. The van der Waals surface area contributed by atoms with Gasteiger partial charge in [-0.05, 0) is 35.1 Å². The normalized spacial score (nSPS) is 10.3. The van der Waals surface area contributed by atoms with Gasteiger partial charge in [-0.25, -0.2) is 4.79 Å². The number of carbonyl (C=O) groups is 1. The molecule has 0 aromatic heterocycles. The van der Waals surface area contributed by atoms with E-state index in [1.807, 2.05) is 30.3 Å². The van der Waals surface area contributed by atoms with Crippen molar-refractivity contribution in [2.75, 3.05) is 7.05 Å². The second-order valence-electron chi connectivity index (χ2n) is 4.85. The van der Waals surface area contributed by atoms with Crippen molar-refractivity contribution in [3.63, 3.8) is 0 Å². The minimum atomic E-state index is -0.479. The van der Waals surface area contributed by atoms with E-state index >= 15 is 0 Å². The summed E-state index contributed by atoms with van der Waals surface area (Å²) in [6.07, 6.45) is 5.10. The summed E-state index contributed by atoms with van der Waals surface area (Å²) >= 11 is 0. The number of hydrogen-bond donors (Lipinski definition) is 1. The van der Waals surface area contributed by atoms with Crippen LogP contribution in [0.4, 0.5) is 4.79 Å². The van der Waals surface area contributed by atoms with Gasteiger partial charge in [-0.3, -0.25) is 0 Å². The smallest absolute Gasteiger partial charge is 0.410 e. The van der Waals surface area contributed by atoms with Crippen LogP contribution < -0.4 is 10.1 Å². The van der Waals surface area contributed by atoms with Gasteiger partial charge in [-0.2, -0.15) is 0 Å². The number of benzene rings is 2. The lowest BCUT2D eigenvalue weighted by Gasteiger charge is -2.14. The van der Waals surface area contributed by atoms with Crippen LogP contribution in [0.5, 0.6) is 5.75 Å². The van der Waals surface area contributed by atoms with Gasteiger partial charge in [-0.1, -0.05) is 31.9 Å². The monoisotopic (exact) mass is 267 g/mol. The number of ether oxygens (including phenoxy) is 1. The van der Waals surface area contributed by atoms with Gasteiger partial charge in [0.25, 0.3) is 0 Å². The van der Waals surface area contributed by atoms with Crippen LogP contribution in [0, 0.1) is 12.3 Å². The maximum Gasteiger partial charge on any atom is 0.412 e. The first-order valence-corrected chi connectivity index (χ1v) is 6.49. The molecule has 3 nitrogen and oxygen atoms in total. The number of amides is 1. The summed E-state index contributed by atoms with van der Waals surface area (Å²) in [5.41, 5.74) is 1.94. The summed E-state index contributed by atoms with van der Waals surface area (Å²) < 4.78 is 5.23. The van der Waals surface area contributed by atoms with E-state index in [4.69, 9.17) is 11.2 Å². The van der Waals surface area contributed by atoms with Crippen molar-refractivity contribution in [2.45, 2.75) is 19.8 Å². The zero-order valence-corrected chi connectivity index (χ0v) is 11.9. The molecule has 0 aliphatic carbocycles. The Hall–Kier alpha value is -2.47. The molecule has 0 fully saturated rings. The second-order valence-corrected chi connectivity index (χ2v) is 4.85. The first-order chi connectivity index (χ1) is 9.56. The third-order valence-corrected chi connectivity index (χ3v) is 3.17. The molecule has 0 radical (unpaired) electrons. The van der Waals surface area contributed by atoms with Gasteiger partial charge in [0.1, 0.15) is 5.75 Å². The third kappa shape index (κ3) is 2.60. The Kier molecular flexibility index (Phi) is 3.95. The van der Waals surface area contributed by atoms with E-state index in [1.54, 1.807) is 0 Å². The standard InChI is InChI=1S/C17H17NO2/c1-5-12-7-6-8-13-9-14(20-17(19)18-4)10-15(11(2)3)16(12)13/h1,6-11H,2-4H3,(H,18,19). The predicted molar refractivity (Wildman–Crippen MR) is 81.1 cm³/mol. The summed E-state index contributed by atoms with van der Waals surface area (Å²) in [6.45, 7) is 4.18. The van der Waals surface area contributed by atoms with Crippen LogP contribution in [0.3, 0.4) is 0 Å². The molecule has 0 saturated carbocycles. The van der Waals surface area contributed by atoms with Crippen molar-refractivity contribution < 1.29 is 9.53 Å². The first kappa shape index (κ1) is 14.0. The topological polar surface area (TPSA) is 38.3 Å². The van der Waals surface area contributed by atoms with Gasteiger partial charge < -0.3 is 10.1 Å². The van der Waals surface area contributed by atoms with E-state index in [2.05, 4.69) is 25.1 Å². The number of nitrogens with one attached hydrogen (secondary N) is 1. The molecule has 0 aliphatic heterocycles. The molecular formula is C17H17NO2. The van der Waals surface area contributed by atoms with Crippen LogP contribution in [-0.4, -0.2) is 13.1 Å². The molecule has 102 valence electrons. The number of fused-ring (bicyclic) bond motifs is 1. The molecule has 3 heteroatoms. The van der Waals surface area contributed by atoms with Crippen LogP contribution in [0.2, 0.25) is 0 Å². The number of terminal acetylenes is 1. The number of hydrogen-bond acceptors (Lipinski definition) is 2. The molecule has 0 saturated heterocycles. The molecule has 1 amide bonds.